The van der Waals surface area contributed by atoms with Crippen LogP contribution in [-0.4, -0.2) is 20.8 Å². The van der Waals surface area contributed by atoms with Gasteiger partial charge in [-0.05, 0) is 43.5 Å². The Balaban J connectivity index is 1.51. The summed E-state index contributed by atoms with van der Waals surface area (Å²) in [5.41, 5.74) is 2.63. The Labute approximate surface area is 143 Å². The molecule has 1 amide bonds. The first-order valence-electron chi connectivity index (χ1n) is 8.37. The van der Waals surface area contributed by atoms with Gasteiger partial charge < -0.3 is 9.84 Å². The molecule has 1 aliphatic carbocycles. The molecule has 3 aromatic rings. The van der Waals surface area contributed by atoms with Gasteiger partial charge in [0, 0.05) is 29.9 Å². The first-order valence-corrected chi connectivity index (χ1v) is 8.37. The molecule has 1 aromatic carbocycles. The second-order valence-corrected chi connectivity index (χ2v) is 6.16. The first kappa shape index (κ1) is 15.4. The third-order valence-electron chi connectivity index (χ3n) is 4.42. The second-order valence-electron chi connectivity index (χ2n) is 6.16. The Hall–Kier alpha value is -3.09. The van der Waals surface area contributed by atoms with E-state index < -0.39 is 0 Å². The normalized spacial score (nSPS) is 13.9. The molecule has 0 aliphatic heterocycles. The van der Waals surface area contributed by atoms with E-state index >= 15 is 0 Å². The number of amides is 1. The van der Waals surface area contributed by atoms with E-state index in [0.29, 0.717) is 11.4 Å². The van der Waals surface area contributed by atoms with Crippen molar-refractivity contribution in [2.75, 3.05) is 5.32 Å². The summed E-state index contributed by atoms with van der Waals surface area (Å²) >= 11 is 0. The van der Waals surface area contributed by atoms with Crippen molar-refractivity contribution in [2.24, 2.45) is 0 Å². The van der Waals surface area contributed by atoms with E-state index in [0.717, 1.165) is 49.1 Å². The van der Waals surface area contributed by atoms with E-state index in [1.165, 1.54) is 6.07 Å². The number of hydrogen-bond acceptors (Lipinski definition) is 4. The summed E-state index contributed by atoms with van der Waals surface area (Å²) in [5.74, 6) is 0.587. The minimum Gasteiger partial charge on any atom is -0.360 e. The van der Waals surface area contributed by atoms with Gasteiger partial charge in [-0.15, -0.1) is 0 Å². The fraction of sp³-hybridized carbons (Fsp3) is 0.278. The molecule has 25 heavy (non-hydrogen) atoms. The summed E-state index contributed by atoms with van der Waals surface area (Å²) in [5, 5.41) is 9.50. The lowest BCUT2D eigenvalue weighted by molar-refractivity contribution is 0.101. The molecule has 0 unspecified atom stereocenters. The van der Waals surface area contributed by atoms with Crippen LogP contribution in [0.1, 0.15) is 41.1 Å². The molecular formula is C18H18N4O3. The smallest absolute Gasteiger partial charge is 0.278 e. The summed E-state index contributed by atoms with van der Waals surface area (Å²) in [6.45, 7) is 0. The van der Waals surface area contributed by atoms with Gasteiger partial charge in [-0.2, -0.15) is 0 Å². The molecule has 0 fully saturated rings. The van der Waals surface area contributed by atoms with Crippen LogP contribution >= 0.6 is 0 Å². The molecule has 2 heterocycles. The maximum atomic E-state index is 12.5. The number of carbonyl (C=O) groups excluding carboxylic acids is 1. The fourth-order valence-corrected chi connectivity index (χ4v) is 3.12. The number of fused-ring (bicyclic) bond motifs is 1. The number of carbonyl (C=O) groups is 1. The van der Waals surface area contributed by atoms with E-state index in [4.69, 9.17) is 4.52 Å². The lowest BCUT2D eigenvalue weighted by Gasteiger charge is -2.06. The van der Waals surface area contributed by atoms with Crippen LogP contribution in [-0.2, 0) is 12.8 Å². The largest absolute Gasteiger partial charge is 0.360 e. The van der Waals surface area contributed by atoms with Gasteiger partial charge in [0.25, 0.3) is 11.5 Å². The van der Waals surface area contributed by atoms with Gasteiger partial charge >= 0.3 is 0 Å². The number of anilines is 1. The number of benzene rings is 1. The second kappa shape index (κ2) is 6.43. The standard InChI is InChI=1S/C18H18N4O3/c23-16-10-11-22(20-16)13-8-6-12(7-9-13)19-18(24)17-14-4-2-1-3-5-15(14)25-21-17/h6-11H,1-5H2,(H,19,24)(H,20,23). The van der Waals surface area contributed by atoms with Crippen molar-refractivity contribution in [1.82, 2.24) is 14.9 Å². The Bertz CT molecular complexity index is 949. The van der Waals surface area contributed by atoms with Gasteiger partial charge in [-0.25, -0.2) is 0 Å². The molecule has 7 heteroatoms. The van der Waals surface area contributed by atoms with Crippen LogP contribution in [0.3, 0.4) is 0 Å². The Morgan fingerprint density at radius 1 is 1.12 bits per heavy atom. The highest BCUT2D eigenvalue weighted by molar-refractivity contribution is 6.03. The van der Waals surface area contributed by atoms with Gasteiger partial charge in [0.1, 0.15) is 5.76 Å². The van der Waals surface area contributed by atoms with Gasteiger partial charge in [-0.3, -0.25) is 19.4 Å². The third kappa shape index (κ3) is 3.13. The number of hydrogen-bond donors (Lipinski definition) is 2. The van der Waals surface area contributed by atoms with Gasteiger partial charge in [-0.1, -0.05) is 11.6 Å². The molecule has 0 spiro atoms. The SMILES string of the molecule is O=C(Nc1ccc(-n2ccc(=O)[nH]2)cc1)c1noc2c1CCCCC2. The molecule has 4 rings (SSSR count). The topological polar surface area (TPSA) is 92.9 Å². The number of H-pyrrole nitrogens is 1. The van der Waals surface area contributed by atoms with E-state index in [1.54, 1.807) is 23.0 Å². The van der Waals surface area contributed by atoms with Crippen molar-refractivity contribution in [3.05, 3.63) is 63.9 Å². The maximum Gasteiger partial charge on any atom is 0.278 e. The zero-order chi connectivity index (χ0) is 17.2. The number of aryl methyl sites for hydroxylation is 1. The average Bonchev–Trinajstić information content (AvgIpc) is 3.15. The van der Waals surface area contributed by atoms with Crippen molar-refractivity contribution in [1.29, 1.82) is 0 Å². The highest BCUT2D eigenvalue weighted by Crippen LogP contribution is 2.24. The molecule has 2 N–H and O–H groups in total. The highest BCUT2D eigenvalue weighted by Gasteiger charge is 2.23. The summed E-state index contributed by atoms with van der Waals surface area (Å²) in [6.07, 6.45) is 6.61. The summed E-state index contributed by atoms with van der Waals surface area (Å²) in [4.78, 5) is 23.7. The van der Waals surface area contributed by atoms with Crippen molar-refractivity contribution in [3.8, 4) is 5.69 Å². The van der Waals surface area contributed by atoms with Crippen LogP contribution < -0.4 is 10.9 Å². The van der Waals surface area contributed by atoms with Crippen LogP contribution in [0.2, 0.25) is 0 Å². The van der Waals surface area contributed by atoms with Gasteiger partial charge in [0.2, 0.25) is 0 Å². The number of rotatable bonds is 3. The summed E-state index contributed by atoms with van der Waals surface area (Å²) in [6, 6.07) is 8.64. The molecule has 0 bridgehead atoms. The molecule has 0 saturated carbocycles. The molecule has 1 aliphatic rings. The van der Waals surface area contributed by atoms with Crippen LogP contribution in [0.15, 0.2) is 45.8 Å². The number of nitrogens with one attached hydrogen (secondary N) is 2. The molecule has 0 atom stereocenters. The molecule has 0 saturated heterocycles. The Morgan fingerprint density at radius 2 is 1.92 bits per heavy atom. The molecule has 2 aromatic heterocycles. The van der Waals surface area contributed by atoms with E-state index in [9.17, 15) is 9.59 Å². The highest BCUT2D eigenvalue weighted by atomic mass is 16.5. The monoisotopic (exact) mass is 338 g/mol. The minimum absolute atomic E-state index is 0.163. The lowest BCUT2D eigenvalue weighted by Crippen LogP contribution is -2.14. The quantitative estimate of drug-likeness (QED) is 0.718. The molecule has 0 radical (unpaired) electrons. The van der Waals surface area contributed by atoms with Crippen molar-refractivity contribution >= 4 is 11.6 Å². The number of aromatic amines is 1. The van der Waals surface area contributed by atoms with Crippen molar-refractivity contribution < 1.29 is 9.32 Å². The van der Waals surface area contributed by atoms with E-state index in [2.05, 4.69) is 15.6 Å². The number of aromatic nitrogens is 3. The van der Waals surface area contributed by atoms with E-state index in [-0.39, 0.29) is 11.5 Å². The maximum absolute atomic E-state index is 12.5. The third-order valence-corrected chi connectivity index (χ3v) is 4.42. The average molecular weight is 338 g/mol. The lowest BCUT2D eigenvalue weighted by atomic mass is 10.1. The Kier molecular flexibility index (Phi) is 3.97. The zero-order valence-corrected chi connectivity index (χ0v) is 13.6. The van der Waals surface area contributed by atoms with Gasteiger partial charge in [0.15, 0.2) is 5.69 Å². The molecule has 128 valence electrons. The van der Waals surface area contributed by atoms with Crippen molar-refractivity contribution in [2.45, 2.75) is 32.1 Å². The minimum atomic E-state index is -0.256. The Morgan fingerprint density at radius 3 is 2.68 bits per heavy atom. The first-order chi connectivity index (χ1) is 12.2. The van der Waals surface area contributed by atoms with Crippen LogP contribution in [0, 0.1) is 0 Å². The molecular weight excluding hydrogens is 320 g/mol. The van der Waals surface area contributed by atoms with Crippen LogP contribution in [0.4, 0.5) is 5.69 Å². The predicted octanol–water partition coefficient (Wildman–Crippen LogP) is 2.67. The van der Waals surface area contributed by atoms with Crippen molar-refractivity contribution in [3.63, 3.8) is 0 Å². The number of nitrogens with zero attached hydrogens (tertiary/aromatic N) is 2. The fourth-order valence-electron chi connectivity index (χ4n) is 3.12. The molecule has 7 nitrogen and oxygen atoms in total. The summed E-state index contributed by atoms with van der Waals surface area (Å²) in [7, 11) is 0. The zero-order valence-electron chi connectivity index (χ0n) is 13.6. The summed E-state index contributed by atoms with van der Waals surface area (Å²) < 4.78 is 6.97. The predicted molar refractivity (Wildman–Crippen MR) is 92.1 cm³/mol. The van der Waals surface area contributed by atoms with Crippen LogP contribution in [0.5, 0.6) is 0 Å². The van der Waals surface area contributed by atoms with Crippen LogP contribution in [0.25, 0.3) is 5.69 Å². The van der Waals surface area contributed by atoms with E-state index in [1.807, 2.05) is 12.1 Å². The van der Waals surface area contributed by atoms with Gasteiger partial charge in [0.05, 0.1) is 5.69 Å².